The molecule has 0 bridgehead atoms. The van der Waals surface area contributed by atoms with Gasteiger partial charge < -0.3 is 22.8 Å². The van der Waals surface area contributed by atoms with Crippen LogP contribution < -0.4 is 11.2 Å². The van der Waals surface area contributed by atoms with Gasteiger partial charge in [0.05, 0.1) is 10.2 Å². The van der Waals surface area contributed by atoms with Gasteiger partial charge in [0.15, 0.2) is 6.23 Å². The van der Waals surface area contributed by atoms with Gasteiger partial charge in [-0.05, 0) is 44.8 Å². The average molecular weight is 613 g/mol. The normalized spacial score (nSPS) is 29.5. The molecular weight excluding hydrogens is 575 g/mol. The van der Waals surface area contributed by atoms with E-state index in [1.807, 2.05) is 22.6 Å². The van der Waals surface area contributed by atoms with Crippen molar-refractivity contribution < 1.29 is 22.8 Å². The predicted molar refractivity (Wildman–Crippen MR) is 138 cm³/mol. The number of rotatable bonds is 5. The van der Waals surface area contributed by atoms with E-state index in [0.29, 0.717) is 3.57 Å². The molecule has 188 valence electrons. The van der Waals surface area contributed by atoms with Crippen molar-refractivity contribution in [3.8, 4) is 0 Å². The Morgan fingerprint density at radius 2 is 1.58 bits per heavy atom. The van der Waals surface area contributed by atoms with Gasteiger partial charge in [-0.1, -0.05) is 55.4 Å². The molecule has 3 rings (SSSR count). The highest BCUT2D eigenvalue weighted by atomic mass is 127. The number of aromatic amines is 1. The lowest BCUT2D eigenvalue weighted by Gasteiger charge is -2.51. The van der Waals surface area contributed by atoms with E-state index in [0.717, 1.165) is 0 Å². The van der Waals surface area contributed by atoms with Gasteiger partial charge >= 0.3 is 22.8 Å². The number of aliphatic hydroxyl groups excluding tert-OH is 1. The topological polar surface area (TPSA) is 112 Å². The van der Waals surface area contributed by atoms with Gasteiger partial charge in [-0.3, -0.25) is 14.3 Å². The maximum absolute atomic E-state index is 12.5. The summed E-state index contributed by atoms with van der Waals surface area (Å²) in [4.78, 5) is 26.6. The zero-order chi connectivity index (χ0) is 24.9. The highest BCUT2D eigenvalue weighted by molar-refractivity contribution is 14.1. The minimum atomic E-state index is -2.92. The maximum Gasteiger partial charge on any atom is 0.335 e. The Morgan fingerprint density at radius 3 is 2.09 bits per heavy atom. The molecule has 3 heterocycles. The van der Waals surface area contributed by atoms with Crippen LogP contribution in [0.2, 0.25) is 22.2 Å². The van der Waals surface area contributed by atoms with Gasteiger partial charge in [-0.2, -0.15) is 0 Å². The first kappa shape index (κ1) is 27.2. The summed E-state index contributed by atoms with van der Waals surface area (Å²) in [6.07, 6.45) is -2.01. The first-order chi connectivity index (χ1) is 15.3. The molecule has 1 aromatic heterocycles. The fourth-order valence-electron chi connectivity index (χ4n) is 5.02. The predicted octanol–water partition coefficient (Wildman–Crippen LogP) is 3.36. The Morgan fingerprint density at radius 1 is 1.03 bits per heavy atom. The third kappa shape index (κ3) is 4.73. The van der Waals surface area contributed by atoms with Gasteiger partial charge in [0, 0.05) is 6.20 Å². The molecule has 9 nitrogen and oxygen atoms in total. The van der Waals surface area contributed by atoms with E-state index in [4.69, 9.17) is 17.7 Å². The Bertz CT molecular complexity index is 949. The van der Waals surface area contributed by atoms with Crippen molar-refractivity contribution in [3.63, 3.8) is 0 Å². The fraction of sp³-hybridized carbons (Fsp3) is 0.810. The van der Waals surface area contributed by atoms with Crippen molar-refractivity contribution in [3.05, 3.63) is 30.6 Å². The molecule has 0 amide bonds. The second kappa shape index (κ2) is 9.95. The van der Waals surface area contributed by atoms with Gasteiger partial charge in [0.1, 0.15) is 18.3 Å². The smallest absolute Gasteiger partial charge is 0.335 e. The first-order valence-corrected chi connectivity index (χ1v) is 16.6. The number of aliphatic hydroxyl groups is 1. The Kier molecular flexibility index (Phi) is 8.21. The SMILES string of the molecule is CC(C)[Si]1(C(C)C)OC[C@H]2O[C@@H](n3cc(I)c(=O)[nH]c3=O)C(O)[C@H]2O[Si](C(C)C)(C(C)C)O1. The van der Waals surface area contributed by atoms with Crippen LogP contribution in [0.4, 0.5) is 0 Å². The molecule has 0 aliphatic carbocycles. The highest BCUT2D eigenvalue weighted by Gasteiger charge is 2.61. The second-order valence-corrected chi connectivity index (χ2v) is 20.3. The van der Waals surface area contributed by atoms with E-state index in [-0.39, 0.29) is 28.8 Å². The number of hydrogen-bond donors (Lipinski definition) is 2. The van der Waals surface area contributed by atoms with Gasteiger partial charge in [-0.25, -0.2) is 4.79 Å². The van der Waals surface area contributed by atoms with E-state index in [2.05, 4.69) is 60.4 Å². The summed E-state index contributed by atoms with van der Waals surface area (Å²) in [7, 11) is -5.66. The first-order valence-electron chi connectivity index (χ1n) is 11.6. The lowest BCUT2D eigenvalue weighted by Crippen LogP contribution is -2.65. The zero-order valence-electron chi connectivity index (χ0n) is 20.6. The zero-order valence-corrected chi connectivity index (χ0v) is 24.8. The molecule has 0 radical (unpaired) electrons. The highest BCUT2D eigenvalue weighted by Crippen LogP contribution is 2.48. The molecule has 1 aromatic rings. The van der Waals surface area contributed by atoms with Gasteiger partial charge in [0.2, 0.25) is 0 Å². The van der Waals surface area contributed by atoms with Crippen molar-refractivity contribution in [2.45, 2.75) is 102 Å². The number of hydrogen-bond acceptors (Lipinski definition) is 7. The molecule has 2 saturated heterocycles. The van der Waals surface area contributed by atoms with Crippen LogP contribution >= 0.6 is 22.6 Å². The molecule has 2 aliphatic rings. The molecule has 1 unspecified atom stereocenters. The van der Waals surface area contributed by atoms with Crippen molar-refractivity contribution in [2.75, 3.05) is 6.61 Å². The van der Waals surface area contributed by atoms with Crippen LogP contribution in [0.3, 0.4) is 0 Å². The lowest BCUT2D eigenvalue weighted by atomic mass is 10.1. The molecule has 12 heteroatoms. The number of aromatic nitrogens is 2. The van der Waals surface area contributed by atoms with E-state index in [9.17, 15) is 14.7 Å². The molecule has 0 saturated carbocycles. The van der Waals surface area contributed by atoms with E-state index >= 15 is 0 Å². The van der Waals surface area contributed by atoms with Crippen molar-refractivity contribution >= 4 is 39.7 Å². The number of nitrogens with zero attached hydrogens (tertiary/aromatic N) is 1. The van der Waals surface area contributed by atoms with Crippen LogP contribution in [0.15, 0.2) is 15.8 Å². The minimum absolute atomic E-state index is 0.104. The molecule has 2 aliphatic heterocycles. The molecule has 0 spiro atoms. The quantitative estimate of drug-likeness (QED) is 0.388. The van der Waals surface area contributed by atoms with Gasteiger partial charge in [-0.15, -0.1) is 0 Å². The van der Waals surface area contributed by atoms with Crippen molar-refractivity contribution in [1.29, 1.82) is 0 Å². The molecule has 4 atom stereocenters. The summed E-state index contributed by atoms with van der Waals surface area (Å²) in [5.41, 5.74) is -0.529. The number of ether oxygens (including phenoxy) is 1. The summed E-state index contributed by atoms with van der Waals surface area (Å²) in [6, 6.07) is 0. The Balaban J connectivity index is 2.10. The number of H-pyrrole nitrogens is 1. The number of nitrogens with one attached hydrogen (secondary N) is 1. The monoisotopic (exact) mass is 612 g/mol. The van der Waals surface area contributed by atoms with Crippen LogP contribution in [0.5, 0.6) is 0 Å². The lowest BCUT2D eigenvalue weighted by molar-refractivity contribution is -0.0601. The third-order valence-electron chi connectivity index (χ3n) is 6.84. The Hall–Kier alpha value is -0.356. The van der Waals surface area contributed by atoms with Crippen LogP contribution in [0.25, 0.3) is 0 Å². The number of fused-ring (bicyclic) bond motifs is 1. The number of halogens is 1. The second-order valence-electron chi connectivity index (χ2n) is 10.3. The molecule has 2 fully saturated rings. The van der Waals surface area contributed by atoms with Crippen LogP contribution in [-0.4, -0.2) is 56.7 Å². The standard InChI is InChI=1S/C21H37IN2O7Si2/c1-11(2)32(12(3)4)28-10-16-18(30-33(31-32,13(5)6)14(7)8)17(25)20(29-16)24-9-15(22)19(26)23-21(24)27/h9,11-14,16-18,20,25H,10H2,1-8H3,(H,23,26,27)/t16-,17?,18+,20-/m1/s1. The summed E-state index contributed by atoms with van der Waals surface area (Å²) in [5.74, 6) is 0. The molecule has 0 aromatic carbocycles. The summed E-state index contributed by atoms with van der Waals surface area (Å²) in [5, 5.41) is 11.3. The molecule has 33 heavy (non-hydrogen) atoms. The summed E-state index contributed by atoms with van der Waals surface area (Å²) < 4.78 is 28.4. The Labute approximate surface area is 210 Å². The maximum atomic E-state index is 12.5. The van der Waals surface area contributed by atoms with Crippen LogP contribution in [-0.2, 0) is 17.7 Å². The average Bonchev–Trinajstić information content (AvgIpc) is 2.98. The minimum Gasteiger partial charge on any atom is -0.414 e. The van der Waals surface area contributed by atoms with E-state index in [1.165, 1.54) is 10.8 Å². The van der Waals surface area contributed by atoms with Crippen molar-refractivity contribution in [1.82, 2.24) is 9.55 Å². The third-order valence-corrected chi connectivity index (χ3v) is 17.9. The van der Waals surface area contributed by atoms with Gasteiger partial charge in [0.25, 0.3) is 5.56 Å². The van der Waals surface area contributed by atoms with E-state index in [1.54, 1.807) is 0 Å². The summed E-state index contributed by atoms with van der Waals surface area (Å²) in [6.45, 7) is 17.2. The van der Waals surface area contributed by atoms with E-state index < -0.39 is 52.9 Å². The molecule has 2 N–H and O–H groups in total. The molecular formula is C21H37IN2O7Si2. The fourth-order valence-corrected chi connectivity index (χ4v) is 16.7. The van der Waals surface area contributed by atoms with Crippen LogP contribution in [0, 0.1) is 3.57 Å². The largest absolute Gasteiger partial charge is 0.414 e. The van der Waals surface area contributed by atoms with Crippen molar-refractivity contribution in [2.24, 2.45) is 0 Å². The summed E-state index contributed by atoms with van der Waals surface area (Å²) >= 11 is 1.85. The van der Waals surface area contributed by atoms with Crippen LogP contribution in [0.1, 0.15) is 61.6 Å².